The zero-order valence-corrected chi connectivity index (χ0v) is 13.2. The van der Waals surface area contributed by atoms with Crippen LogP contribution in [0.15, 0.2) is 66.7 Å². The van der Waals surface area contributed by atoms with Gasteiger partial charge in [0.2, 0.25) is 0 Å². The minimum absolute atomic E-state index is 0.0353. The Kier molecular flexibility index (Phi) is 2.79. The van der Waals surface area contributed by atoms with E-state index < -0.39 is 0 Å². The van der Waals surface area contributed by atoms with Crippen molar-refractivity contribution in [1.82, 2.24) is 9.55 Å². The van der Waals surface area contributed by atoms with Crippen LogP contribution in [0, 0.1) is 0 Å². The van der Waals surface area contributed by atoms with E-state index in [0.29, 0.717) is 5.56 Å². The lowest BCUT2D eigenvalue weighted by molar-refractivity contribution is 0.440. The molecule has 0 spiro atoms. The fourth-order valence-corrected chi connectivity index (χ4v) is 3.49. The number of rotatable bonds is 1. The molecule has 0 bridgehead atoms. The van der Waals surface area contributed by atoms with Crippen molar-refractivity contribution in [3.8, 4) is 22.9 Å². The Bertz CT molecular complexity index is 1120. The first kappa shape index (κ1) is 13.9. The van der Waals surface area contributed by atoms with E-state index in [-0.39, 0.29) is 17.7 Å². The van der Waals surface area contributed by atoms with Gasteiger partial charge in [0.15, 0.2) is 0 Å². The van der Waals surface area contributed by atoms with Gasteiger partial charge in [0.25, 0.3) is 0 Å². The summed E-state index contributed by atoms with van der Waals surface area (Å²) in [5.74, 6) is 0.932. The van der Waals surface area contributed by atoms with Crippen molar-refractivity contribution in [2.75, 3.05) is 5.32 Å². The van der Waals surface area contributed by atoms with E-state index in [1.807, 2.05) is 48.5 Å². The van der Waals surface area contributed by atoms with Crippen molar-refractivity contribution in [3.63, 3.8) is 0 Å². The SMILES string of the molecule is Oc1ccc([C@@H]2Nc3ccccc3-c3nc4ccccc4n32)c(O)c1. The molecule has 122 valence electrons. The maximum absolute atomic E-state index is 10.4. The number of nitrogens with one attached hydrogen (secondary N) is 1. The van der Waals surface area contributed by atoms with Gasteiger partial charge in [-0.1, -0.05) is 24.3 Å². The van der Waals surface area contributed by atoms with Gasteiger partial charge in [-0.15, -0.1) is 0 Å². The molecule has 0 saturated heterocycles. The topological polar surface area (TPSA) is 70.3 Å². The summed E-state index contributed by atoms with van der Waals surface area (Å²) in [5.41, 5.74) is 4.55. The quantitative estimate of drug-likeness (QED) is 0.492. The van der Waals surface area contributed by atoms with Crippen LogP contribution < -0.4 is 5.32 Å². The van der Waals surface area contributed by atoms with Crippen molar-refractivity contribution in [2.24, 2.45) is 0 Å². The molecule has 1 aromatic heterocycles. The van der Waals surface area contributed by atoms with E-state index in [1.165, 1.54) is 6.07 Å². The van der Waals surface area contributed by atoms with Gasteiger partial charge in [-0.05, 0) is 36.4 Å². The van der Waals surface area contributed by atoms with Crippen molar-refractivity contribution >= 4 is 16.7 Å². The van der Waals surface area contributed by atoms with E-state index >= 15 is 0 Å². The number of phenols is 2. The Hall–Kier alpha value is -3.47. The summed E-state index contributed by atoms with van der Waals surface area (Å²) in [5, 5.41) is 23.5. The Labute approximate surface area is 143 Å². The number of hydrogen-bond acceptors (Lipinski definition) is 4. The maximum atomic E-state index is 10.4. The molecule has 3 aromatic carbocycles. The second-order valence-electron chi connectivity index (χ2n) is 6.13. The molecule has 0 radical (unpaired) electrons. The number of anilines is 1. The standard InChI is InChI=1S/C20H15N3O2/c24-12-9-10-14(18(25)11-12)20-21-15-6-2-1-5-13(15)19-22-16-7-3-4-8-17(16)23(19)20/h1-11,20-21,24-25H/t20-/m1/s1. The molecule has 5 heteroatoms. The molecule has 5 rings (SSSR count). The number of aromatic nitrogens is 2. The number of imidazole rings is 1. The average Bonchev–Trinajstić information content (AvgIpc) is 3.01. The van der Waals surface area contributed by atoms with Gasteiger partial charge in [0.1, 0.15) is 23.5 Å². The summed E-state index contributed by atoms with van der Waals surface area (Å²) >= 11 is 0. The zero-order valence-electron chi connectivity index (χ0n) is 13.2. The Morgan fingerprint density at radius 1 is 0.920 bits per heavy atom. The molecule has 0 aliphatic carbocycles. The van der Waals surface area contributed by atoms with E-state index in [4.69, 9.17) is 4.98 Å². The van der Waals surface area contributed by atoms with Crippen LogP contribution in [-0.2, 0) is 0 Å². The third-order valence-corrected chi connectivity index (χ3v) is 4.62. The van der Waals surface area contributed by atoms with Crippen LogP contribution in [0.1, 0.15) is 11.7 Å². The van der Waals surface area contributed by atoms with Crippen molar-refractivity contribution < 1.29 is 10.2 Å². The van der Waals surface area contributed by atoms with Crippen molar-refractivity contribution in [3.05, 3.63) is 72.3 Å². The summed E-state index contributed by atoms with van der Waals surface area (Å²) < 4.78 is 2.09. The Balaban J connectivity index is 1.83. The number of phenolic OH excluding ortho intramolecular Hbond substituents is 2. The molecule has 25 heavy (non-hydrogen) atoms. The van der Waals surface area contributed by atoms with Crippen LogP contribution >= 0.6 is 0 Å². The number of para-hydroxylation sites is 3. The lowest BCUT2D eigenvalue weighted by Gasteiger charge is -2.30. The van der Waals surface area contributed by atoms with Crippen molar-refractivity contribution in [1.29, 1.82) is 0 Å². The van der Waals surface area contributed by atoms with Crippen LogP contribution in [0.2, 0.25) is 0 Å². The lowest BCUT2D eigenvalue weighted by Crippen LogP contribution is -2.24. The first-order valence-electron chi connectivity index (χ1n) is 8.07. The first-order valence-corrected chi connectivity index (χ1v) is 8.07. The summed E-state index contributed by atoms with van der Waals surface area (Å²) in [4.78, 5) is 4.81. The second kappa shape index (κ2) is 5.01. The molecule has 0 fully saturated rings. The van der Waals surface area contributed by atoms with Crippen LogP contribution in [0.3, 0.4) is 0 Å². The van der Waals surface area contributed by atoms with Gasteiger partial charge >= 0.3 is 0 Å². The summed E-state index contributed by atoms with van der Waals surface area (Å²) in [6.07, 6.45) is -0.321. The van der Waals surface area contributed by atoms with Gasteiger partial charge in [-0.3, -0.25) is 4.57 Å². The highest BCUT2D eigenvalue weighted by Crippen LogP contribution is 2.42. The molecule has 1 aliphatic heterocycles. The zero-order chi connectivity index (χ0) is 17.0. The molecular weight excluding hydrogens is 314 g/mol. The fraction of sp³-hybridized carbons (Fsp3) is 0.0500. The van der Waals surface area contributed by atoms with Crippen LogP contribution in [0.5, 0.6) is 11.5 Å². The molecule has 1 aliphatic rings. The number of nitrogens with zero attached hydrogens (tertiary/aromatic N) is 2. The minimum Gasteiger partial charge on any atom is -0.508 e. The van der Waals surface area contributed by atoms with Crippen LogP contribution in [0.4, 0.5) is 5.69 Å². The van der Waals surface area contributed by atoms with Gasteiger partial charge in [0, 0.05) is 22.9 Å². The molecule has 2 heterocycles. The van der Waals surface area contributed by atoms with Gasteiger partial charge in [-0.25, -0.2) is 4.98 Å². The van der Waals surface area contributed by atoms with Crippen LogP contribution in [-0.4, -0.2) is 19.8 Å². The monoisotopic (exact) mass is 329 g/mol. The maximum Gasteiger partial charge on any atom is 0.145 e. The molecule has 0 amide bonds. The van der Waals surface area contributed by atoms with E-state index in [9.17, 15) is 10.2 Å². The van der Waals surface area contributed by atoms with E-state index in [0.717, 1.165) is 28.1 Å². The minimum atomic E-state index is -0.321. The highest BCUT2D eigenvalue weighted by Gasteiger charge is 2.29. The smallest absolute Gasteiger partial charge is 0.145 e. The highest BCUT2D eigenvalue weighted by molar-refractivity contribution is 5.86. The lowest BCUT2D eigenvalue weighted by atomic mass is 10.0. The molecule has 3 N–H and O–H groups in total. The van der Waals surface area contributed by atoms with Crippen molar-refractivity contribution in [2.45, 2.75) is 6.17 Å². The Morgan fingerprint density at radius 3 is 2.60 bits per heavy atom. The second-order valence-corrected chi connectivity index (χ2v) is 6.13. The molecule has 0 saturated carbocycles. The molecule has 1 atom stereocenters. The summed E-state index contributed by atoms with van der Waals surface area (Å²) in [6.45, 7) is 0. The predicted molar refractivity (Wildman–Crippen MR) is 96.7 cm³/mol. The number of fused-ring (bicyclic) bond motifs is 5. The number of benzene rings is 3. The Morgan fingerprint density at radius 2 is 1.72 bits per heavy atom. The number of hydrogen-bond donors (Lipinski definition) is 3. The largest absolute Gasteiger partial charge is 0.508 e. The third-order valence-electron chi connectivity index (χ3n) is 4.62. The number of aromatic hydroxyl groups is 2. The highest BCUT2D eigenvalue weighted by atomic mass is 16.3. The first-order chi connectivity index (χ1) is 12.2. The average molecular weight is 329 g/mol. The summed E-state index contributed by atoms with van der Waals surface area (Å²) in [6, 6.07) is 20.6. The third kappa shape index (κ3) is 1.99. The molecule has 0 unspecified atom stereocenters. The normalized spacial score (nSPS) is 15.4. The van der Waals surface area contributed by atoms with Crippen LogP contribution in [0.25, 0.3) is 22.4 Å². The molecule has 4 aromatic rings. The predicted octanol–water partition coefficient (Wildman–Crippen LogP) is 4.09. The molecular formula is C20H15N3O2. The summed E-state index contributed by atoms with van der Waals surface area (Å²) in [7, 11) is 0. The van der Waals surface area contributed by atoms with Gasteiger partial charge < -0.3 is 15.5 Å². The van der Waals surface area contributed by atoms with Gasteiger partial charge in [0.05, 0.1) is 11.0 Å². The van der Waals surface area contributed by atoms with Gasteiger partial charge in [-0.2, -0.15) is 0 Å². The van der Waals surface area contributed by atoms with E-state index in [2.05, 4.69) is 9.88 Å². The van der Waals surface area contributed by atoms with E-state index in [1.54, 1.807) is 12.1 Å². The molecule has 5 nitrogen and oxygen atoms in total. The fourth-order valence-electron chi connectivity index (χ4n) is 3.49.